The summed E-state index contributed by atoms with van der Waals surface area (Å²) in [6.07, 6.45) is 3.99. The van der Waals surface area contributed by atoms with Crippen molar-refractivity contribution >= 4 is 22.8 Å². The quantitative estimate of drug-likeness (QED) is 0.644. The molecule has 0 fully saturated rings. The molecule has 0 saturated heterocycles. The number of carbonyl (C=O) groups is 2. The van der Waals surface area contributed by atoms with Crippen molar-refractivity contribution in [3.8, 4) is 0 Å². The molecule has 1 aromatic carbocycles. The average molecular weight is 340 g/mol. The topological polar surface area (TPSA) is 89.2 Å². The number of nitrogens with zero attached hydrogens (tertiary/aromatic N) is 2. The van der Waals surface area contributed by atoms with Crippen molar-refractivity contribution in [2.24, 2.45) is 0 Å². The van der Waals surface area contributed by atoms with Gasteiger partial charge in [0.2, 0.25) is 5.91 Å². The summed E-state index contributed by atoms with van der Waals surface area (Å²) in [5, 5.41) is 5.43. The minimum Gasteiger partial charge on any atom is -0.459 e. The van der Waals surface area contributed by atoms with Crippen molar-refractivity contribution in [2.75, 3.05) is 6.54 Å². The Bertz CT molecular complexity index is 854. The van der Waals surface area contributed by atoms with Crippen LogP contribution in [0.5, 0.6) is 0 Å². The molecule has 0 unspecified atom stereocenters. The number of hydrogen-bond acceptors (Lipinski definition) is 4. The van der Waals surface area contributed by atoms with E-state index in [0.29, 0.717) is 6.54 Å². The summed E-state index contributed by atoms with van der Waals surface area (Å²) in [6, 6.07) is 10.5. The molecule has 7 heteroatoms. The van der Waals surface area contributed by atoms with Crippen LogP contribution in [0.25, 0.3) is 11.0 Å². The summed E-state index contributed by atoms with van der Waals surface area (Å²) in [5.41, 5.74) is 2.04. The predicted molar refractivity (Wildman–Crippen MR) is 93.0 cm³/mol. The van der Waals surface area contributed by atoms with Crippen LogP contribution >= 0.6 is 0 Å². The fourth-order valence-electron chi connectivity index (χ4n) is 2.54. The number of para-hydroxylation sites is 2. The van der Waals surface area contributed by atoms with Gasteiger partial charge in [-0.25, -0.2) is 4.98 Å². The number of furan rings is 1. The molecule has 130 valence electrons. The molecule has 25 heavy (non-hydrogen) atoms. The molecule has 7 nitrogen and oxygen atoms in total. The molecule has 3 aromatic rings. The maximum absolute atomic E-state index is 12.0. The van der Waals surface area contributed by atoms with Crippen molar-refractivity contribution in [2.45, 2.75) is 25.9 Å². The van der Waals surface area contributed by atoms with Gasteiger partial charge in [-0.2, -0.15) is 0 Å². The Hall–Kier alpha value is -3.09. The monoisotopic (exact) mass is 340 g/mol. The van der Waals surface area contributed by atoms with Gasteiger partial charge < -0.3 is 19.6 Å². The first kappa shape index (κ1) is 16.8. The second-order valence-electron chi connectivity index (χ2n) is 5.74. The van der Waals surface area contributed by atoms with Crippen LogP contribution in [0.1, 0.15) is 23.9 Å². The molecule has 2 heterocycles. The number of fused-ring (bicyclic) bond motifs is 1. The predicted octanol–water partition coefficient (Wildman–Crippen LogP) is 1.95. The number of imidazole rings is 1. The van der Waals surface area contributed by atoms with Crippen molar-refractivity contribution in [1.29, 1.82) is 0 Å². The van der Waals surface area contributed by atoms with E-state index < -0.39 is 11.9 Å². The summed E-state index contributed by atoms with van der Waals surface area (Å²) in [6.45, 7) is 2.92. The zero-order valence-corrected chi connectivity index (χ0v) is 13.9. The van der Waals surface area contributed by atoms with Gasteiger partial charge in [-0.15, -0.1) is 0 Å². The third-order valence-corrected chi connectivity index (χ3v) is 3.89. The Kier molecular flexibility index (Phi) is 5.13. The van der Waals surface area contributed by atoms with Crippen LogP contribution < -0.4 is 10.6 Å². The van der Waals surface area contributed by atoms with Crippen molar-refractivity contribution in [1.82, 2.24) is 20.2 Å². The van der Waals surface area contributed by atoms with E-state index >= 15 is 0 Å². The molecule has 3 rings (SSSR count). The Morgan fingerprint density at radius 1 is 1.24 bits per heavy atom. The number of amides is 2. The highest BCUT2D eigenvalue weighted by molar-refractivity contribution is 5.95. The third-order valence-electron chi connectivity index (χ3n) is 3.89. The van der Waals surface area contributed by atoms with Crippen molar-refractivity contribution < 1.29 is 14.0 Å². The molecule has 0 radical (unpaired) electrons. The molecular weight excluding hydrogens is 320 g/mol. The fourth-order valence-corrected chi connectivity index (χ4v) is 2.54. The van der Waals surface area contributed by atoms with E-state index in [4.69, 9.17) is 4.42 Å². The van der Waals surface area contributed by atoms with Crippen molar-refractivity contribution in [3.05, 3.63) is 54.7 Å². The molecule has 0 aliphatic carbocycles. The Labute approximate surface area is 145 Å². The van der Waals surface area contributed by atoms with E-state index in [1.54, 1.807) is 25.4 Å². The molecule has 0 saturated carbocycles. The van der Waals surface area contributed by atoms with Gasteiger partial charge in [0.25, 0.3) is 5.91 Å². The highest BCUT2D eigenvalue weighted by Crippen LogP contribution is 2.11. The van der Waals surface area contributed by atoms with E-state index in [1.165, 1.54) is 6.26 Å². The van der Waals surface area contributed by atoms with Gasteiger partial charge in [-0.3, -0.25) is 9.59 Å². The number of nitrogens with one attached hydrogen (secondary N) is 2. The first-order chi connectivity index (χ1) is 12.1. The van der Waals surface area contributed by atoms with Crippen LogP contribution in [-0.4, -0.2) is 34.0 Å². The van der Waals surface area contributed by atoms with Crippen LogP contribution in [0.15, 0.2) is 53.4 Å². The van der Waals surface area contributed by atoms with Gasteiger partial charge in [0.15, 0.2) is 5.76 Å². The third kappa shape index (κ3) is 4.06. The largest absolute Gasteiger partial charge is 0.459 e. The standard InChI is InChI=1S/C18H20N4O3/c1-13(21-18(24)16-8-4-11-25-16)17(23)19-9-5-10-22-12-20-14-6-2-3-7-15(14)22/h2-4,6-8,11-13H,5,9-10H2,1H3,(H,19,23)(H,21,24)/t13-/m0/s1. The zero-order valence-electron chi connectivity index (χ0n) is 13.9. The molecule has 2 aromatic heterocycles. The summed E-state index contributed by atoms with van der Waals surface area (Å²) in [5.74, 6) is -0.445. The number of benzene rings is 1. The van der Waals surface area contributed by atoms with Gasteiger partial charge >= 0.3 is 0 Å². The maximum Gasteiger partial charge on any atom is 0.287 e. The molecule has 2 N–H and O–H groups in total. The van der Waals surface area contributed by atoms with E-state index in [9.17, 15) is 9.59 Å². The lowest BCUT2D eigenvalue weighted by Crippen LogP contribution is -2.45. The van der Waals surface area contributed by atoms with Crippen LogP contribution in [-0.2, 0) is 11.3 Å². The summed E-state index contributed by atoms with van der Waals surface area (Å²) in [4.78, 5) is 28.2. The molecule has 1 atom stereocenters. The first-order valence-electron chi connectivity index (χ1n) is 8.17. The normalized spacial score (nSPS) is 12.0. The molecule has 0 aliphatic heterocycles. The van der Waals surface area contributed by atoms with E-state index in [0.717, 1.165) is 24.0 Å². The Morgan fingerprint density at radius 2 is 2.08 bits per heavy atom. The second-order valence-corrected chi connectivity index (χ2v) is 5.74. The lowest BCUT2D eigenvalue weighted by Gasteiger charge is -2.13. The maximum atomic E-state index is 12.0. The second kappa shape index (κ2) is 7.65. The minimum atomic E-state index is -0.633. The van der Waals surface area contributed by atoms with E-state index in [2.05, 4.69) is 20.2 Å². The van der Waals surface area contributed by atoms with Crippen LogP contribution in [0.3, 0.4) is 0 Å². The number of rotatable bonds is 7. The van der Waals surface area contributed by atoms with Gasteiger partial charge in [0.05, 0.1) is 23.6 Å². The van der Waals surface area contributed by atoms with E-state index in [1.807, 2.05) is 24.3 Å². The molecule has 0 aliphatic rings. The molecule has 0 bridgehead atoms. The fraction of sp³-hybridized carbons (Fsp3) is 0.278. The Balaban J connectivity index is 1.42. The van der Waals surface area contributed by atoms with Crippen LogP contribution in [0.4, 0.5) is 0 Å². The molecule has 0 spiro atoms. The SMILES string of the molecule is C[C@H](NC(=O)c1ccco1)C(=O)NCCCn1cnc2ccccc21. The van der Waals surface area contributed by atoms with Gasteiger partial charge in [0.1, 0.15) is 6.04 Å². The first-order valence-corrected chi connectivity index (χ1v) is 8.17. The molecule has 2 amide bonds. The summed E-state index contributed by atoms with van der Waals surface area (Å²) in [7, 11) is 0. The summed E-state index contributed by atoms with van der Waals surface area (Å²) >= 11 is 0. The van der Waals surface area contributed by atoms with Crippen LogP contribution in [0, 0.1) is 0 Å². The highest BCUT2D eigenvalue weighted by Gasteiger charge is 2.17. The zero-order chi connectivity index (χ0) is 17.6. The summed E-state index contributed by atoms with van der Waals surface area (Å²) < 4.78 is 7.06. The average Bonchev–Trinajstić information content (AvgIpc) is 3.28. The number of aryl methyl sites for hydroxylation is 1. The highest BCUT2D eigenvalue weighted by atomic mass is 16.3. The number of carbonyl (C=O) groups excluding carboxylic acids is 2. The van der Waals surface area contributed by atoms with Crippen molar-refractivity contribution in [3.63, 3.8) is 0 Å². The van der Waals surface area contributed by atoms with Gasteiger partial charge in [-0.1, -0.05) is 12.1 Å². The smallest absolute Gasteiger partial charge is 0.287 e. The van der Waals surface area contributed by atoms with Crippen LogP contribution in [0.2, 0.25) is 0 Å². The molecular formula is C18H20N4O3. The van der Waals surface area contributed by atoms with Gasteiger partial charge in [-0.05, 0) is 37.6 Å². The number of aromatic nitrogens is 2. The Morgan fingerprint density at radius 3 is 2.88 bits per heavy atom. The minimum absolute atomic E-state index is 0.187. The lowest BCUT2D eigenvalue weighted by molar-refractivity contribution is -0.122. The van der Waals surface area contributed by atoms with E-state index in [-0.39, 0.29) is 11.7 Å². The lowest BCUT2D eigenvalue weighted by atomic mass is 10.3. The number of hydrogen-bond donors (Lipinski definition) is 2. The van der Waals surface area contributed by atoms with Gasteiger partial charge in [0, 0.05) is 13.1 Å².